The smallest absolute Gasteiger partial charge is 0.255 e. The third kappa shape index (κ3) is 4.31. The molecule has 0 heterocycles. The van der Waals surface area contributed by atoms with Crippen LogP contribution >= 0.6 is 0 Å². The van der Waals surface area contributed by atoms with Crippen LogP contribution in [0.25, 0.3) is 10.8 Å². The molecule has 0 atom stereocenters. The number of rotatable bonds is 7. The quantitative estimate of drug-likeness (QED) is 0.644. The van der Waals surface area contributed by atoms with E-state index in [1.165, 1.54) is 0 Å². The molecule has 3 rings (SSSR count). The highest BCUT2D eigenvalue weighted by molar-refractivity contribution is 6.04. The summed E-state index contributed by atoms with van der Waals surface area (Å²) in [6.45, 7) is 5.27. The maximum Gasteiger partial charge on any atom is 0.255 e. The predicted molar refractivity (Wildman–Crippen MR) is 115 cm³/mol. The molecule has 0 aliphatic carbocycles. The fraction of sp³-hybridized carbons (Fsp3) is 0.217. The van der Waals surface area contributed by atoms with E-state index in [0.29, 0.717) is 24.3 Å². The number of amides is 2. The van der Waals surface area contributed by atoms with E-state index in [1.54, 1.807) is 11.0 Å². The Kier molecular flexibility index (Phi) is 6.27. The number of para-hydroxylation sites is 1. The van der Waals surface area contributed by atoms with Gasteiger partial charge in [0.05, 0.1) is 12.1 Å². The van der Waals surface area contributed by atoms with Gasteiger partial charge in [-0.2, -0.15) is 0 Å². The van der Waals surface area contributed by atoms with Crippen LogP contribution in [0, 0.1) is 0 Å². The number of carbonyl (C=O) groups excluding carboxylic acids is 2. The van der Waals surface area contributed by atoms with Gasteiger partial charge in [-0.1, -0.05) is 48.5 Å². The van der Waals surface area contributed by atoms with Gasteiger partial charge in [0.2, 0.25) is 5.91 Å². The highest BCUT2D eigenvalue weighted by Crippen LogP contribution is 2.23. The number of anilines is 2. The molecule has 5 nitrogen and oxygen atoms in total. The summed E-state index contributed by atoms with van der Waals surface area (Å²) in [4.78, 5) is 26.9. The summed E-state index contributed by atoms with van der Waals surface area (Å²) in [5.41, 5.74) is 2.01. The van der Waals surface area contributed by atoms with Crippen LogP contribution in [0.4, 0.5) is 11.4 Å². The molecule has 28 heavy (non-hydrogen) atoms. The maximum absolute atomic E-state index is 12.7. The highest BCUT2D eigenvalue weighted by atomic mass is 16.2. The van der Waals surface area contributed by atoms with Crippen LogP contribution in [0.5, 0.6) is 0 Å². The molecule has 2 amide bonds. The van der Waals surface area contributed by atoms with Gasteiger partial charge in [0, 0.05) is 29.9 Å². The lowest BCUT2D eigenvalue weighted by Gasteiger charge is -2.20. The van der Waals surface area contributed by atoms with Crippen LogP contribution in [-0.2, 0) is 4.79 Å². The lowest BCUT2D eigenvalue weighted by Crippen LogP contribution is -2.31. The van der Waals surface area contributed by atoms with Crippen LogP contribution in [0.1, 0.15) is 24.2 Å². The van der Waals surface area contributed by atoms with Gasteiger partial charge in [-0.15, -0.1) is 0 Å². The Morgan fingerprint density at radius 1 is 0.821 bits per heavy atom. The number of hydrogen-bond acceptors (Lipinski definition) is 3. The summed E-state index contributed by atoms with van der Waals surface area (Å²) < 4.78 is 0. The normalized spacial score (nSPS) is 10.5. The largest absolute Gasteiger partial charge is 0.376 e. The van der Waals surface area contributed by atoms with Gasteiger partial charge in [-0.05, 0) is 37.4 Å². The molecule has 0 unspecified atom stereocenters. The molecule has 5 heteroatoms. The minimum atomic E-state index is -0.165. The van der Waals surface area contributed by atoms with Crippen molar-refractivity contribution in [1.29, 1.82) is 0 Å². The summed E-state index contributed by atoms with van der Waals surface area (Å²) in [5, 5.41) is 8.13. The van der Waals surface area contributed by atoms with Gasteiger partial charge in [-0.25, -0.2) is 0 Å². The van der Waals surface area contributed by atoms with Gasteiger partial charge in [-0.3, -0.25) is 9.59 Å². The van der Waals surface area contributed by atoms with Gasteiger partial charge >= 0.3 is 0 Å². The van der Waals surface area contributed by atoms with Crippen molar-refractivity contribution in [3.05, 3.63) is 72.3 Å². The Morgan fingerprint density at radius 3 is 2.25 bits per heavy atom. The van der Waals surface area contributed by atoms with Gasteiger partial charge in [0.15, 0.2) is 0 Å². The fourth-order valence-electron chi connectivity index (χ4n) is 3.21. The number of nitrogens with zero attached hydrogens (tertiary/aromatic N) is 1. The Bertz CT molecular complexity index is 975. The molecular formula is C23H25N3O2. The van der Waals surface area contributed by atoms with Crippen molar-refractivity contribution in [3.63, 3.8) is 0 Å². The van der Waals surface area contributed by atoms with Crippen molar-refractivity contribution in [1.82, 2.24) is 4.90 Å². The topological polar surface area (TPSA) is 61.4 Å². The molecule has 144 valence electrons. The van der Waals surface area contributed by atoms with Crippen molar-refractivity contribution in [2.75, 3.05) is 30.3 Å². The van der Waals surface area contributed by atoms with Gasteiger partial charge < -0.3 is 15.5 Å². The van der Waals surface area contributed by atoms with E-state index in [2.05, 4.69) is 10.6 Å². The molecule has 0 fully saturated rings. The van der Waals surface area contributed by atoms with Crippen molar-refractivity contribution in [3.8, 4) is 0 Å². The summed E-state index contributed by atoms with van der Waals surface area (Å²) in [6, 6.07) is 21.0. The molecule has 0 saturated heterocycles. The first-order chi connectivity index (χ1) is 13.6. The molecule has 0 aromatic heterocycles. The van der Waals surface area contributed by atoms with Crippen molar-refractivity contribution < 1.29 is 9.59 Å². The first-order valence-electron chi connectivity index (χ1n) is 9.53. The average Bonchev–Trinajstić information content (AvgIpc) is 2.73. The van der Waals surface area contributed by atoms with E-state index in [0.717, 1.165) is 16.5 Å². The molecule has 3 aromatic rings. The third-order valence-corrected chi connectivity index (χ3v) is 4.71. The maximum atomic E-state index is 12.7. The van der Waals surface area contributed by atoms with Crippen molar-refractivity contribution in [2.45, 2.75) is 13.8 Å². The molecule has 0 aliphatic heterocycles. The Morgan fingerprint density at radius 2 is 1.46 bits per heavy atom. The Hall–Kier alpha value is -3.34. The minimum Gasteiger partial charge on any atom is -0.376 e. The third-order valence-electron chi connectivity index (χ3n) is 4.71. The Balaban J connectivity index is 1.71. The van der Waals surface area contributed by atoms with E-state index in [4.69, 9.17) is 0 Å². The lowest BCUT2D eigenvalue weighted by molar-refractivity contribution is -0.114. The Labute approximate surface area is 165 Å². The number of hydrogen-bond donors (Lipinski definition) is 2. The summed E-state index contributed by atoms with van der Waals surface area (Å²) in [7, 11) is 0. The summed E-state index contributed by atoms with van der Waals surface area (Å²) >= 11 is 0. The zero-order valence-electron chi connectivity index (χ0n) is 16.2. The predicted octanol–water partition coefficient (Wildman–Crippen LogP) is 4.37. The molecule has 2 N–H and O–H groups in total. The van der Waals surface area contributed by atoms with Gasteiger partial charge in [0.25, 0.3) is 5.91 Å². The van der Waals surface area contributed by atoms with Crippen LogP contribution in [0.3, 0.4) is 0 Å². The summed E-state index contributed by atoms with van der Waals surface area (Å²) in [6.07, 6.45) is 0. The highest BCUT2D eigenvalue weighted by Gasteiger charge is 2.16. The van der Waals surface area contributed by atoms with Crippen LogP contribution < -0.4 is 10.6 Å². The zero-order valence-corrected chi connectivity index (χ0v) is 16.2. The van der Waals surface area contributed by atoms with E-state index in [-0.39, 0.29) is 18.4 Å². The first-order valence-corrected chi connectivity index (χ1v) is 9.53. The monoisotopic (exact) mass is 375 g/mol. The van der Waals surface area contributed by atoms with Crippen molar-refractivity contribution >= 4 is 34.0 Å². The minimum absolute atomic E-state index is 0.0393. The number of benzene rings is 3. The molecule has 0 aliphatic rings. The second kappa shape index (κ2) is 9.04. The molecule has 3 aromatic carbocycles. The second-order valence-corrected chi connectivity index (χ2v) is 6.45. The van der Waals surface area contributed by atoms with E-state index in [1.807, 2.05) is 74.5 Å². The van der Waals surface area contributed by atoms with Crippen molar-refractivity contribution in [2.24, 2.45) is 0 Å². The molecule has 0 saturated carbocycles. The number of carbonyl (C=O) groups is 2. The zero-order chi connectivity index (χ0) is 19.9. The molecule has 0 spiro atoms. The van der Waals surface area contributed by atoms with E-state index < -0.39 is 0 Å². The summed E-state index contributed by atoms with van der Waals surface area (Å²) in [5.74, 6) is -0.205. The second-order valence-electron chi connectivity index (χ2n) is 6.45. The lowest BCUT2D eigenvalue weighted by atomic mass is 10.1. The molecule has 0 bridgehead atoms. The van der Waals surface area contributed by atoms with Crippen LogP contribution in [0.2, 0.25) is 0 Å². The fourth-order valence-corrected chi connectivity index (χ4v) is 3.21. The molecule has 0 radical (unpaired) electrons. The van der Waals surface area contributed by atoms with Crippen LogP contribution in [0.15, 0.2) is 66.7 Å². The first kappa shape index (κ1) is 19.4. The van der Waals surface area contributed by atoms with E-state index in [9.17, 15) is 9.59 Å². The SMILES string of the molecule is CCN(CC)C(=O)c1ccccc1NCC(=O)Nc1cccc2ccccc12. The van der Waals surface area contributed by atoms with E-state index >= 15 is 0 Å². The average molecular weight is 375 g/mol. The standard InChI is InChI=1S/C23H25N3O2/c1-3-26(4-2)23(28)19-13-7-8-14-20(19)24-16-22(27)25-21-15-9-11-17-10-5-6-12-18(17)21/h5-15,24H,3-4,16H2,1-2H3,(H,25,27). The van der Waals surface area contributed by atoms with Gasteiger partial charge in [0.1, 0.15) is 0 Å². The number of fused-ring (bicyclic) bond motifs is 1. The molecular weight excluding hydrogens is 350 g/mol. The van der Waals surface area contributed by atoms with Crippen LogP contribution in [-0.4, -0.2) is 36.3 Å². The number of nitrogens with one attached hydrogen (secondary N) is 2.